The summed E-state index contributed by atoms with van der Waals surface area (Å²) in [6.45, 7) is 12.5. The van der Waals surface area contributed by atoms with Crippen molar-refractivity contribution in [2.24, 2.45) is 11.8 Å². The van der Waals surface area contributed by atoms with Crippen molar-refractivity contribution in [1.29, 1.82) is 0 Å². The molecule has 1 aliphatic carbocycles. The van der Waals surface area contributed by atoms with Crippen LogP contribution < -0.4 is 0 Å². The zero-order valence-corrected chi connectivity index (χ0v) is 14.5. The van der Waals surface area contributed by atoms with Gasteiger partial charge in [-0.1, -0.05) is 37.3 Å². The third-order valence-electron chi connectivity index (χ3n) is 5.26. The van der Waals surface area contributed by atoms with Crippen molar-refractivity contribution in [3.05, 3.63) is 36.0 Å². The molecule has 0 radical (unpaired) electrons. The van der Waals surface area contributed by atoms with Crippen LogP contribution in [0.4, 0.5) is 0 Å². The van der Waals surface area contributed by atoms with E-state index in [9.17, 15) is 4.79 Å². The van der Waals surface area contributed by atoms with Crippen LogP contribution in [0.1, 0.15) is 59.8 Å². The molecule has 1 fully saturated rings. The molecule has 2 rings (SSSR count). The van der Waals surface area contributed by atoms with Crippen molar-refractivity contribution in [3.8, 4) is 0 Å². The van der Waals surface area contributed by atoms with Crippen LogP contribution in [0.25, 0.3) is 0 Å². The van der Waals surface area contributed by atoms with Crippen LogP contribution in [0, 0.1) is 11.8 Å². The fraction of sp³-hybridized carbons (Fsp3) is 0.650. The van der Waals surface area contributed by atoms with E-state index in [2.05, 4.69) is 26.5 Å². The Kier molecular flexibility index (Phi) is 5.44. The van der Waals surface area contributed by atoms with Crippen molar-refractivity contribution >= 4 is 5.78 Å². The Hall–Kier alpha value is -1.15. The van der Waals surface area contributed by atoms with E-state index < -0.39 is 0 Å². The van der Waals surface area contributed by atoms with Gasteiger partial charge in [0, 0.05) is 6.42 Å². The molecule has 4 atom stereocenters. The van der Waals surface area contributed by atoms with E-state index in [1.165, 1.54) is 0 Å². The maximum atomic E-state index is 12.4. The third-order valence-corrected chi connectivity index (χ3v) is 5.26. The summed E-state index contributed by atoms with van der Waals surface area (Å²) in [6, 6.07) is 0. The first-order valence-corrected chi connectivity index (χ1v) is 8.53. The predicted molar refractivity (Wildman–Crippen MR) is 91.7 cm³/mol. The van der Waals surface area contributed by atoms with E-state index in [0.717, 1.165) is 36.8 Å². The van der Waals surface area contributed by atoms with E-state index >= 15 is 0 Å². The Morgan fingerprint density at radius 1 is 1.36 bits per heavy atom. The van der Waals surface area contributed by atoms with E-state index in [4.69, 9.17) is 4.74 Å². The average molecular weight is 302 g/mol. The number of Topliss-reactive ketones (excluding diaryl/α,β-unsaturated/α-hetero) is 1. The first-order chi connectivity index (χ1) is 10.3. The lowest BCUT2D eigenvalue weighted by Crippen LogP contribution is -2.16. The maximum Gasteiger partial charge on any atom is 0.159 e. The highest BCUT2D eigenvalue weighted by Crippen LogP contribution is 2.45. The average Bonchev–Trinajstić information content (AvgIpc) is 3.10. The Bertz CT molecular complexity index is 500. The standard InChI is InChI=1S/C20H30O2/c1-14(2)17-11-12-20(5)19(22-20)10-9-15(3)7-6-8-16(4)18(21)13-17/h6-8,15,17,19H,1,9-13H2,2-5H3/b7-6-,16-8-/t15-,17-,19+,20+/m1/s1. The van der Waals surface area contributed by atoms with Gasteiger partial charge in [-0.15, -0.1) is 0 Å². The summed E-state index contributed by atoms with van der Waals surface area (Å²) in [6.07, 6.45) is 11.4. The Balaban J connectivity index is 2.14. The number of ketones is 1. The number of epoxide rings is 1. The number of ether oxygens (including phenoxy) is 1. The number of hydrogen-bond donors (Lipinski definition) is 0. The van der Waals surface area contributed by atoms with Gasteiger partial charge >= 0.3 is 0 Å². The minimum atomic E-state index is 0.0230. The fourth-order valence-electron chi connectivity index (χ4n) is 3.24. The lowest BCUT2D eigenvalue weighted by Gasteiger charge is -2.18. The van der Waals surface area contributed by atoms with Crippen LogP contribution in [0.5, 0.6) is 0 Å². The summed E-state index contributed by atoms with van der Waals surface area (Å²) in [5, 5.41) is 0. The first kappa shape index (κ1) is 17.2. The van der Waals surface area contributed by atoms with Gasteiger partial charge in [0.15, 0.2) is 5.78 Å². The van der Waals surface area contributed by atoms with Crippen LogP contribution in [-0.4, -0.2) is 17.5 Å². The second-order valence-electron chi connectivity index (χ2n) is 7.42. The molecule has 22 heavy (non-hydrogen) atoms. The zero-order valence-electron chi connectivity index (χ0n) is 14.5. The van der Waals surface area contributed by atoms with Crippen LogP contribution >= 0.6 is 0 Å². The van der Waals surface area contributed by atoms with Gasteiger partial charge in [0.2, 0.25) is 0 Å². The van der Waals surface area contributed by atoms with Gasteiger partial charge in [-0.2, -0.15) is 0 Å². The molecule has 0 N–H and O–H groups in total. The Morgan fingerprint density at radius 2 is 2.09 bits per heavy atom. The van der Waals surface area contributed by atoms with Crippen LogP contribution in [0.2, 0.25) is 0 Å². The molecule has 1 aliphatic heterocycles. The molecule has 0 saturated carbocycles. The van der Waals surface area contributed by atoms with Crippen molar-refractivity contribution in [1.82, 2.24) is 0 Å². The smallest absolute Gasteiger partial charge is 0.159 e. The summed E-state index contributed by atoms with van der Waals surface area (Å²) < 4.78 is 5.95. The molecule has 0 aromatic carbocycles. The Morgan fingerprint density at radius 3 is 2.77 bits per heavy atom. The van der Waals surface area contributed by atoms with Gasteiger partial charge in [-0.05, 0) is 63.9 Å². The molecular weight excluding hydrogens is 272 g/mol. The lowest BCUT2D eigenvalue weighted by atomic mass is 9.85. The summed E-state index contributed by atoms with van der Waals surface area (Å²) in [4.78, 5) is 12.4. The molecule has 0 bridgehead atoms. The van der Waals surface area contributed by atoms with E-state index in [1.54, 1.807) is 0 Å². The number of hydrogen-bond acceptors (Lipinski definition) is 2. The van der Waals surface area contributed by atoms with Crippen molar-refractivity contribution < 1.29 is 9.53 Å². The molecule has 0 aromatic rings. The minimum absolute atomic E-state index is 0.0230. The molecule has 0 aromatic heterocycles. The van der Waals surface area contributed by atoms with Crippen LogP contribution in [0.15, 0.2) is 36.0 Å². The number of carbonyl (C=O) groups excluding carboxylic acids is 1. The number of rotatable bonds is 1. The largest absolute Gasteiger partial charge is 0.366 e. The van der Waals surface area contributed by atoms with E-state index in [0.29, 0.717) is 18.4 Å². The summed E-state index contributed by atoms with van der Waals surface area (Å²) >= 11 is 0. The molecule has 1 heterocycles. The number of fused-ring (bicyclic) bond motifs is 1. The Labute approximate surface area is 135 Å². The monoisotopic (exact) mass is 302 g/mol. The van der Waals surface area contributed by atoms with Crippen molar-refractivity contribution in [2.75, 3.05) is 0 Å². The second kappa shape index (κ2) is 6.95. The highest BCUT2D eigenvalue weighted by atomic mass is 16.6. The van der Waals surface area contributed by atoms with Gasteiger partial charge in [0.1, 0.15) is 0 Å². The molecule has 0 unspecified atom stereocenters. The van der Waals surface area contributed by atoms with Crippen LogP contribution in [-0.2, 0) is 9.53 Å². The highest BCUT2D eigenvalue weighted by Gasteiger charge is 2.51. The van der Waals surface area contributed by atoms with Gasteiger partial charge < -0.3 is 4.74 Å². The quantitative estimate of drug-likeness (QED) is 0.503. The van der Waals surface area contributed by atoms with E-state index in [1.807, 2.05) is 26.0 Å². The molecule has 122 valence electrons. The molecule has 2 nitrogen and oxygen atoms in total. The number of allylic oxidation sites excluding steroid dienone is 5. The second-order valence-corrected chi connectivity index (χ2v) is 7.42. The van der Waals surface area contributed by atoms with E-state index in [-0.39, 0.29) is 17.3 Å². The minimum Gasteiger partial charge on any atom is -0.366 e. The van der Waals surface area contributed by atoms with Gasteiger partial charge in [-0.25, -0.2) is 0 Å². The third kappa shape index (κ3) is 4.42. The molecule has 0 amide bonds. The SMILES string of the molecule is C=C(C)[C@@H]1CC[C@]2(C)O[C@H]2CC[C@H](C)/C=C\C=C(\C)C(=O)C1. The molecule has 2 aliphatic rings. The lowest BCUT2D eigenvalue weighted by molar-refractivity contribution is -0.116. The van der Waals surface area contributed by atoms with Gasteiger partial charge in [0.25, 0.3) is 0 Å². The maximum absolute atomic E-state index is 12.4. The number of carbonyl (C=O) groups is 1. The normalized spacial score (nSPS) is 40.8. The van der Waals surface area contributed by atoms with Crippen LogP contribution in [0.3, 0.4) is 0 Å². The highest BCUT2D eigenvalue weighted by molar-refractivity contribution is 5.95. The summed E-state index contributed by atoms with van der Waals surface area (Å²) in [7, 11) is 0. The fourth-order valence-corrected chi connectivity index (χ4v) is 3.24. The first-order valence-electron chi connectivity index (χ1n) is 8.53. The van der Waals surface area contributed by atoms with Crippen molar-refractivity contribution in [3.63, 3.8) is 0 Å². The van der Waals surface area contributed by atoms with Gasteiger partial charge in [-0.3, -0.25) is 4.79 Å². The molecule has 2 heteroatoms. The summed E-state index contributed by atoms with van der Waals surface area (Å²) in [5.74, 6) is 1.03. The summed E-state index contributed by atoms with van der Waals surface area (Å²) in [5.41, 5.74) is 1.98. The molecule has 0 spiro atoms. The predicted octanol–water partition coefficient (Wildman–Crippen LogP) is 5.01. The molecule has 1 saturated heterocycles. The van der Waals surface area contributed by atoms with Crippen molar-refractivity contribution in [2.45, 2.75) is 71.5 Å². The topological polar surface area (TPSA) is 29.6 Å². The van der Waals surface area contributed by atoms with Gasteiger partial charge in [0.05, 0.1) is 11.7 Å². The molecular formula is C20H30O2. The zero-order chi connectivity index (χ0) is 16.3.